The first-order chi connectivity index (χ1) is 10.5. The second-order valence-corrected chi connectivity index (χ2v) is 4.65. The van der Waals surface area contributed by atoms with Gasteiger partial charge in [-0.3, -0.25) is 0 Å². The number of alkyl halides is 3. The van der Waals surface area contributed by atoms with Crippen LogP contribution >= 0.6 is 12.2 Å². The number of thiocarbonyl (C=S) groups is 1. The average molecular weight is 327 g/mol. The van der Waals surface area contributed by atoms with E-state index in [9.17, 15) is 13.2 Å². The Balaban J connectivity index is 1.90. The van der Waals surface area contributed by atoms with Gasteiger partial charge < -0.3 is 10.6 Å². The van der Waals surface area contributed by atoms with Gasteiger partial charge in [0.15, 0.2) is 5.11 Å². The lowest BCUT2D eigenvalue weighted by atomic mass is 10.2. The number of nitrogens with one attached hydrogen (secondary N) is 2. The van der Waals surface area contributed by atoms with Gasteiger partial charge in [-0.05, 0) is 36.5 Å². The zero-order chi connectivity index (χ0) is 16.0. The Labute approximate surface area is 130 Å². The van der Waals surface area contributed by atoms with Crippen LogP contribution in [0.1, 0.15) is 11.3 Å². The number of pyridine rings is 1. The van der Waals surface area contributed by atoms with Gasteiger partial charge in [0.1, 0.15) is 5.82 Å². The van der Waals surface area contributed by atoms with Gasteiger partial charge in [-0.15, -0.1) is 0 Å². The van der Waals surface area contributed by atoms with Gasteiger partial charge in [0.25, 0.3) is 0 Å². The van der Waals surface area contributed by atoms with Gasteiger partial charge in [0, 0.05) is 25.4 Å². The molecule has 0 radical (unpaired) electrons. The molecule has 0 fully saturated rings. The molecular weight excluding hydrogens is 315 g/mol. The second-order valence-electron chi connectivity index (χ2n) is 4.24. The van der Waals surface area contributed by atoms with Gasteiger partial charge in [-0.1, -0.05) is 0 Å². The van der Waals surface area contributed by atoms with E-state index < -0.39 is 11.7 Å². The highest BCUT2D eigenvalue weighted by molar-refractivity contribution is 7.80. The van der Waals surface area contributed by atoms with Crippen molar-refractivity contribution in [1.82, 2.24) is 20.5 Å². The van der Waals surface area contributed by atoms with E-state index in [1.54, 1.807) is 18.3 Å². The number of aromatic nitrogens is 3. The number of anilines is 1. The Hall–Kier alpha value is -2.29. The first kappa shape index (κ1) is 16.1. The van der Waals surface area contributed by atoms with Crippen LogP contribution in [0.25, 0.3) is 0 Å². The molecule has 0 aliphatic rings. The average Bonchev–Trinajstić information content (AvgIpc) is 2.48. The fourth-order valence-corrected chi connectivity index (χ4v) is 1.85. The number of halogens is 3. The minimum absolute atomic E-state index is 0.0630. The molecule has 2 N–H and O–H groups in total. The van der Waals surface area contributed by atoms with Crippen LogP contribution in [-0.4, -0.2) is 26.8 Å². The van der Waals surface area contributed by atoms with E-state index in [4.69, 9.17) is 12.2 Å². The van der Waals surface area contributed by atoms with Gasteiger partial charge in [-0.25, -0.2) is 4.98 Å². The second kappa shape index (κ2) is 7.12. The molecule has 2 heterocycles. The molecule has 2 aromatic rings. The number of nitrogens with zero attached hydrogens (tertiary/aromatic N) is 3. The van der Waals surface area contributed by atoms with E-state index in [0.29, 0.717) is 13.0 Å². The number of hydrogen-bond donors (Lipinski definition) is 2. The molecule has 0 amide bonds. The molecule has 0 spiro atoms. The molecule has 0 saturated carbocycles. The lowest BCUT2D eigenvalue weighted by Crippen LogP contribution is -2.31. The number of rotatable bonds is 4. The van der Waals surface area contributed by atoms with Crippen molar-refractivity contribution >= 4 is 23.1 Å². The molecule has 0 aromatic carbocycles. The van der Waals surface area contributed by atoms with Gasteiger partial charge >= 0.3 is 6.18 Å². The minimum Gasteiger partial charge on any atom is -0.362 e. The maximum Gasteiger partial charge on any atom is 0.419 e. The highest BCUT2D eigenvalue weighted by atomic mass is 32.1. The molecule has 0 saturated heterocycles. The van der Waals surface area contributed by atoms with Crippen LogP contribution in [0.2, 0.25) is 0 Å². The van der Waals surface area contributed by atoms with E-state index in [1.165, 1.54) is 12.3 Å². The van der Waals surface area contributed by atoms with Gasteiger partial charge in [0.2, 0.25) is 0 Å². The lowest BCUT2D eigenvalue weighted by molar-refractivity contribution is -0.137. The van der Waals surface area contributed by atoms with Gasteiger partial charge in [-0.2, -0.15) is 23.4 Å². The maximum atomic E-state index is 12.8. The van der Waals surface area contributed by atoms with Crippen LogP contribution in [0, 0.1) is 0 Å². The Bertz CT molecular complexity index is 633. The van der Waals surface area contributed by atoms with E-state index in [-0.39, 0.29) is 10.9 Å². The van der Waals surface area contributed by atoms with Crippen molar-refractivity contribution in [3.05, 3.63) is 47.9 Å². The van der Waals surface area contributed by atoms with Crippen LogP contribution in [0.15, 0.2) is 36.7 Å². The molecule has 0 atom stereocenters. The van der Waals surface area contributed by atoms with Crippen LogP contribution in [-0.2, 0) is 12.6 Å². The van der Waals surface area contributed by atoms with E-state index >= 15 is 0 Å². The molecule has 2 rings (SSSR count). The van der Waals surface area contributed by atoms with Crippen molar-refractivity contribution < 1.29 is 13.2 Å². The van der Waals surface area contributed by atoms with E-state index in [2.05, 4.69) is 25.8 Å². The summed E-state index contributed by atoms with van der Waals surface area (Å²) in [5.74, 6) is -0.327. The molecule has 0 unspecified atom stereocenters. The summed E-state index contributed by atoms with van der Waals surface area (Å²) in [7, 11) is 0. The van der Waals surface area contributed by atoms with Crippen LogP contribution < -0.4 is 10.6 Å². The zero-order valence-corrected chi connectivity index (χ0v) is 12.1. The fourth-order valence-electron chi connectivity index (χ4n) is 1.66. The minimum atomic E-state index is -4.49. The third-order valence-electron chi connectivity index (χ3n) is 2.64. The largest absolute Gasteiger partial charge is 0.419 e. The standard InChI is InChI=1S/C13H12F3N5S/c14-13(15,16)10-4-2-6-17-11(10)20-12(22)18-8-5-9-3-1-7-19-21-9/h1-4,6-7H,5,8H2,(H2,17,18,20,22). The normalized spacial score (nSPS) is 11.0. The Morgan fingerprint density at radius 3 is 2.64 bits per heavy atom. The van der Waals surface area contributed by atoms with Crippen LogP contribution in [0.5, 0.6) is 0 Å². The van der Waals surface area contributed by atoms with Crippen molar-refractivity contribution in [2.24, 2.45) is 0 Å². The summed E-state index contributed by atoms with van der Waals surface area (Å²) in [5.41, 5.74) is -0.111. The molecule has 0 aliphatic carbocycles. The van der Waals surface area contributed by atoms with Gasteiger partial charge in [0.05, 0.1) is 11.3 Å². The third kappa shape index (κ3) is 4.62. The monoisotopic (exact) mass is 327 g/mol. The Morgan fingerprint density at radius 1 is 1.18 bits per heavy atom. The summed E-state index contributed by atoms with van der Waals surface area (Å²) in [4.78, 5) is 3.67. The number of hydrogen-bond acceptors (Lipinski definition) is 4. The first-order valence-electron chi connectivity index (χ1n) is 6.30. The van der Waals surface area contributed by atoms with Crippen molar-refractivity contribution in [3.8, 4) is 0 Å². The highest BCUT2D eigenvalue weighted by Gasteiger charge is 2.34. The van der Waals surface area contributed by atoms with Crippen molar-refractivity contribution in [3.63, 3.8) is 0 Å². The molecule has 0 bridgehead atoms. The van der Waals surface area contributed by atoms with Crippen molar-refractivity contribution in [1.29, 1.82) is 0 Å². The summed E-state index contributed by atoms with van der Waals surface area (Å²) in [6.07, 6.45) is -1.13. The molecule has 22 heavy (non-hydrogen) atoms. The SMILES string of the molecule is FC(F)(F)c1cccnc1NC(=S)NCCc1cccnn1. The zero-order valence-electron chi connectivity index (χ0n) is 11.3. The third-order valence-corrected chi connectivity index (χ3v) is 2.89. The highest BCUT2D eigenvalue weighted by Crippen LogP contribution is 2.33. The molecule has 0 aliphatic heterocycles. The molecule has 9 heteroatoms. The quantitative estimate of drug-likeness (QED) is 0.841. The predicted octanol–water partition coefficient (Wildman–Crippen LogP) is 2.42. The van der Waals surface area contributed by atoms with Crippen LogP contribution in [0.4, 0.5) is 19.0 Å². The van der Waals surface area contributed by atoms with Crippen molar-refractivity contribution in [2.75, 3.05) is 11.9 Å². The van der Waals surface area contributed by atoms with Crippen molar-refractivity contribution in [2.45, 2.75) is 12.6 Å². The molecule has 5 nitrogen and oxygen atoms in total. The Kier molecular flexibility index (Phi) is 5.21. The molecule has 2 aromatic heterocycles. The lowest BCUT2D eigenvalue weighted by Gasteiger charge is -2.14. The fraction of sp³-hybridized carbons (Fsp3) is 0.231. The van der Waals surface area contributed by atoms with Crippen LogP contribution in [0.3, 0.4) is 0 Å². The summed E-state index contributed by atoms with van der Waals surface area (Å²) in [6.45, 7) is 0.415. The summed E-state index contributed by atoms with van der Waals surface area (Å²) in [5, 5.41) is 12.9. The smallest absolute Gasteiger partial charge is 0.362 e. The van der Waals surface area contributed by atoms with E-state index in [1.807, 2.05) is 0 Å². The summed E-state index contributed by atoms with van der Waals surface area (Å²) < 4.78 is 38.4. The first-order valence-corrected chi connectivity index (χ1v) is 6.71. The molecule has 116 valence electrons. The topological polar surface area (TPSA) is 62.7 Å². The summed E-state index contributed by atoms with van der Waals surface area (Å²) >= 11 is 4.97. The Morgan fingerprint density at radius 2 is 1.95 bits per heavy atom. The van der Waals surface area contributed by atoms with E-state index in [0.717, 1.165) is 11.8 Å². The molecular formula is C13H12F3N5S. The maximum absolute atomic E-state index is 12.8. The predicted molar refractivity (Wildman–Crippen MR) is 79.2 cm³/mol. The summed E-state index contributed by atoms with van der Waals surface area (Å²) in [6, 6.07) is 5.71.